The van der Waals surface area contributed by atoms with E-state index in [9.17, 15) is 13.5 Å². The van der Waals surface area contributed by atoms with Crippen molar-refractivity contribution in [3.8, 4) is 0 Å². The van der Waals surface area contributed by atoms with E-state index in [1.807, 2.05) is 6.92 Å². The topological polar surface area (TPSA) is 83.6 Å². The Bertz CT molecular complexity index is 552. The highest BCUT2D eigenvalue weighted by Crippen LogP contribution is 2.26. The summed E-state index contributed by atoms with van der Waals surface area (Å²) < 4.78 is 26.4. The van der Waals surface area contributed by atoms with E-state index in [-0.39, 0.29) is 16.9 Å². The highest BCUT2D eigenvalue weighted by Gasteiger charge is 2.34. The number of nitrogens with zero attached hydrogens (tertiary/aromatic N) is 1. The Balaban J connectivity index is 2.19. The number of rotatable bonds is 4. The molecule has 1 aromatic carbocycles. The third-order valence-electron chi connectivity index (χ3n) is 3.91. The van der Waals surface area contributed by atoms with Crippen molar-refractivity contribution in [3.63, 3.8) is 0 Å². The van der Waals surface area contributed by atoms with Crippen molar-refractivity contribution in [3.05, 3.63) is 29.8 Å². The standard InChI is InChI=1S/C14H22N2O3S/c1-10(15)12-3-5-14(6-4-12)20(18,19)16-8-7-13(9-16)11(2)17/h3-6,10-11,13,17H,7-9,15H2,1-2H3. The molecule has 20 heavy (non-hydrogen) atoms. The molecule has 3 atom stereocenters. The first kappa shape index (κ1) is 15.4. The van der Waals surface area contributed by atoms with Gasteiger partial charge in [0.15, 0.2) is 0 Å². The van der Waals surface area contributed by atoms with Crippen molar-refractivity contribution in [2.75, 3.05) is 13.1 Å². The van der Waals surface area contributed by atoms with Gasteiger partial charge in [0, 0.05) is 19.1 Å². The molecule has 3 N–H and O–H groups in total. The normalized spacial score (nSPS) is 23.7. The minimum absolute atomic E-state index is 0.0214. The Kier molecular flexibility index (Phi) is 4.49. The van der Waals surface area contributed by atoms with E-state index in [4.69, 9.17) is 5.73 Å². The molecule has 0 spiro atoms. The third-order valence-corrected chi connectivity index (χ3v) is 5.79. The average molecular weight is 298 g/mol. The summed E-state index contributed by atoms with van der Waals surface area (Å²) in [6.07, 6.45) is 0.227. The first-order valence-corrected chi connectivity index (χ1v) is 8.30. The van der Waals surface area contributed by atoms with Crippen LogP contribution in [0, 0.1) is 5.92 Å². The molecule has 0 bridgehead atoms. The molecular formula is C14H22N2O3S. The zero-order valence-electron chi connectivity index (χ0n) is 11.9. The maximum atomic E-state index is 12.5. The van der Waals surface area contributed by atoms with Gasteiger partial charge in [0.1, 0.15) is 0 Å². The summed E-state index contributed by atoms with van der Waals surface area (Å²) in [5.74, 6) is 0.0214. The van der Waals surface area contributed by atoms with Crippen LogP contribution in [-0.4, -0.2) is 37.0 Å². The van der Waals surface area contributed by atoms with Gasteiger partial charge in [-0.05, 0) is 43.9 Å². The number of aliphatic hydroxyl groups excluding tert-OH is 1. The molecule has 5 nitrogen and oxygen atoms in total. The first-order chi connectivity index (χ1) is 9.32. The molecule has 1 aliphatic heterocycles. The van der Waals surface area contributed by atoms with Crippen molar-refractivity contribution < 1.29 is 13.5 Å². The molecule has 1 aromatic rings. The predicted molar refractivity (Wildman–Crippen MR) is 77.6 cm³/mol. The molecule has 112 valence electrons. The second kappa shape index (κ2) is 5.81. The molecule has 0 aliphatic carbocycles. The van der Waals surface area contributed by atoms with Crippen molar-refractivity contribution in [1.29, 1.82) is 0 Å². The molecule has 1 saturated heterocycles. The molecule has 0 saturated carbocycles. The maximum Gasteiger partial charge on any atom is 0.243 e. The second-order valence-corrected chi connectivity index (χ2v) is 7.45. The summed E-state index contributed by atoms with van der Waals surface area (Å²) in [4.78, 5) is 0.285. The Labute approximate surface area is 120 Å². The summed E-state index contributed by atoms with van der Waals surface area (Å²) in [5.41, 5.74) is 6.67. The number of sulfonamides is 1. The van der Waals surface area contributed by atoms with Gasteiger partial charge in [0.2, 0.25) is 10.0 Å². The van der Waals surface area contributed by atoms with Gasteiger partial charge in [-0.15, -0.1) is 0 Å². The molecule has 0 radical (unpaired) electrons. The number of hydrogen-bond acceptors (Lipinski definition) is 4. The van der Waals surface area contributed by atoms with Crippen molar-refractivity contribution >= 4 is 10.0 Å². The van der Waals surface area contributed by atoms with Crippen LogP contribution >= 0.6 is 0 Å². The number of benzene rings is 1. The van der Waals surface area contributed by atoms with Gasteiger partial charge in [0.25, 0.3) is 0 Å². The lowest BCUT2D eigenvalue weighted by atomic mass is 10.0. The Morgan fingerprint density at radius 3 is 2.35 bits per heavy atom. The smallest absolute Gasteiger partial charge is 0.243 e. The highest BCUT2D eigenvalue weighted by molar-refractivity contribution is 7.89. The summed E-state index contributed by atoms with van der Waals surface area (Å²) in [6.45, 7) is 4.41. The van der Waals surface area contributed by atoms with Crippen LogP contribution in [0.1, 0.15) is 31.9 Å². The van der Waals surface area contributed by atoms with Crippen LogP contribution in [0.3, 0.4) is 0 Å². The van der Waals surface area contributed by atoms with E-state index in [2.05, 4.69) is 0 Å². The van der Waals surface area contributed by atoms with Crippen LogP contribution in [0.15, 0.2) is 29.2 Å². The Morgan fingerprint density at radius 2 is 1.90 bits per heavy atom. The van der Waals surface area contributed by atoms with Crippen LogP contribution < -0.4 is 5.73 Å². The Hall–Kier alpha value is -0.950. The lowest BCUT2D eigenvalue weighted by Gasteiger charge is -2.18. The van der Waals surface area contributed by atoms with Gasteiger partial charge in [-0.25, -0.2) is 8.42 Å². The maximum absolute atomic E-state index is 12.5. The minimum Gasteiger partial charge on any atom is -0.393 e. The van der Waals surface area contributed by atoms with Gasteiger partial charge >= 0.3 is 0 Å². The van der Waals surface area contributed by atoms with Crippen LogP contribution in [0.4, 0.5) is 0 Å². The van der Waals surface area contributed by atoms with E-state index in [1.165, 1.54) is 4.31 Å². The number of hydrogen-bond donors (Lipinski definition) is 2. The van der Waals surface area contributed by atoms with Crippen LogP contribution in [0.25, 0.3) is 0 Å². The number of aliphatic hydroxyl groups is 1. The second-order valence-electron chi connectivity index (χ2n) is 5.51. The monoisotopic (exact) mass is 298 g/mol. The summed E-state index contributed by atoms with van der Waals surface area (Å²) in [6, 6.07) is 6.59. The van der Waals surface area contributed by atoms with Gasteiger partial charge in [-0.3, -0.25) is 0 Å². The van der Waals surface area contributed by atoms with Gasteiger partial charge in [-0.1, -0.05) is 12.1 Å². The zero-order chi connectivity index (χ0) is 14.9. The van der Waals surface area contributed by atoms with E-state index < -0.39 is 16.1 Å². The lowest BCUT2D eigenvalue weighted by molar-refractivity contribution is 0.133. The zero-order valence-corrected chi connectivity index (χ0v) is 12.7. The molecular weight excluding hydrogens is 276 g/mol. The van der Waals surface area contributed by atoms with Crippen molar-refractivity contribution in [2.24, 2.45) is 11.7 Å². The highest BCUT2D eigenvalue weighted by atomic mass is 32.2. The summed E-state index contributed by atoms with van der Waals surface area (Å²) in [7, 11) is -3.47. The summed E-state index contributed by atoms with van der Waals surface area (Å²) >= 11 is 0. The van der Waals surface area contributed by atoms with E-state index in [0.717, 1.165) is 5.56 Å². The fourth-order valence-corrected chi connectivity index (χ4v) is 3.97. The Morgan fingerprint density at radius 1 is 1.30 bits per heavy atom. The van der Waals surface area contributed by atoms with Gasteiger partial charge in [0.05, 0.1) is 11.0 Å². The van der Waals surface area contributed by atoms with Crippen LogP contribution in [0.5, 0.6) is 0 Å². The quantitative estimate of drug-likeness (QED) is 0.872. The van der Waals surface area contributed by atoms with Crippen molar-refractivity contribution in [2.45, 2.75) is 37.3 Å². The molecule has 1 fully saturated rings. The van der Waals surface area contributed by atoms with Gasteiger partial charge < -0.3 is 10.8 Å². The van der Waals surface area contributed by atoms with E-state index in [0.29, 0.717) is 19.5 Å². The third kappa shape index (κ3) is 3.03. The lowest BCUT2D eigenvalue weighted by Crippen LogP contribution is -2.30. The molecule has 6 heteroatoms. The van der Waals surface area contributed by atoms with E-state index in [1.54, 1.807) is 31.2 Å². The predicted octanol–water partition coefficient (Wildman–Crippen LogP) is 1.10. The molecule has 2 rings (SSSR count). The van der Waals surface area contributed by atoms with Crippen LogP contribution in [0.2, 0.25) is 0 Å². The van der Waals surface area contributed by atoms with Gasteiger partial charge in [-0.2, -0.15) is 4.31 Å². The minimum atomic E-state index is -3.47. The molecule has 0 aromatic heterocycles. The van der Waals surface area contributed by atoms with Crippen molar-refractivity contribution in [1.82, 2.24) is 4.31 Å². The van der Waals surface area contributed by atoms with E-state index >= 15 is 0 Å². The summed E-state index contributed by atoms with van der Waals surface area (Å²) in [5, 5.41) is 9.57. The van der Waals surface area contributed by atoms with Crippen LogP contribution in [-0.2, 0) is 10.0 Å². The SMILES string of the molecule is CC(N)c1ccc(S(=O)(=O)N2CCC(C(C)O)C2)cc1. The molecule has 1 heterocycles. The average Bonchev–Trinajstić information content (AvgIpc) is 2.89. The largest absolute Gasteiger partial charge is 0.393 e. The first-order valence-electron chi connectivity index (χ1n) is 6.86. The molecule has 1 aliphatic rings. The number of nitrogens with two attached hydrogens (primary N) is 1. The fourth-order valence-electron chi connectivity index (χ4n) is 2.46. The molecule has 3 unspecified atom stereocenters. The fraction of sp³-hybridized carbons (Fsp3) is 0.571. The molecule has 0 amide bonds.